The largest absolute Gasteiger partial charge is 0.480 e. The van der Waals surface area contributed by atoms with E-state index >= 15 is 0 Å². The second-order valence-electron chi connectivity index (χ2n) is 6.71. The maximum atomic E-state index is 12.6. The van der Waals surface area contributed by atoms with Crippen LogP contribution in [0, 0.1) is 5.41 Å². The molecule has 2 aliphatic rings. The van der Waals surface area contributed by atoms with Crippen LogP contribution in [0.15, 0.2) is 0 Å². The monoisotopic (exact) mass is 346 g/mol. The molecule has 1 heterocycles. The second-order valence-corrected chi connectivity index (χ2v) is 8.69. The van der Waals surface area contributed by atoms with E-state index in [0.717, 1.165) is 25.7 Å². The van der Waals surface area contributed by atoms with Crippen LogP contribution in [0.5, 0.6) is 0 Å². The van der Waals surface area contributed by atoms with Crippen molar-refractivity contribution in [1.29, 1.82) is 0 Å². The molecule has 7 nitrogen and oxygen atoms in total. The predicted octanol–water partition coefficient (Wildman–Crippen LogP) is 0.952. The molecular weight excluding hydrogens is 320 g/mol. The number of carbonyl (C=O) groups is 2. The lowest BCUT2D eigenvalue weighted by atomic mass is 9.79. The Labute approximate surface area is 137 Å². The van der Waals surface area contributed by atoms with Gasteiger partial charge in [0.1, 0.15) is 5.41 Å². The molecule has 1 saturated carbocycles. The number of nitrogens with one attached hydrogen (secondary N) is 1. The fourth-order valence-corrected chi connectivity index (χ4v) is 4.40. The van der Waals surface area contributed by atoms with E-state index in [1.165, 1.54) is 10.6 Å². The number of piperidine rings is 1. The molecule has 2 rings (SSSR count). The average molecular weight is 346 g/mol. The first-order valence-corrected chi connectivity index (χ1v) is 10.1. The summed E-state index contributed by atoms with van der Waals surface area (Å²) in [5.41, 5.74) is -1.32. The molecule has 0 atom stereocenters. The van der Waals surface area contributed by atoms with Crippen molar-refractivity contribution in [1.82, 2.24) is 9.62 Å². The summed E-state index contributed by atoms with van der Waals surface area (Å²) in [4.78, 5) is 24.4. The zero-order valence-electron chi connectivity index (χ0n) is 13.6. The van der Waals surface area contributed by atoms with Crippen LogP contribution in [0.4, 0.5) is 0 Å². The Morgan fingerprint density at radius 2 is 1.61 bits per heavy atom. The van der Waals surface area contributed by atoms with Gasteiger partial charge in [0.25, 0.3) is 0 Å². The van der Waals surface area contributed by atoms with Gasteiger partial charge in [-0.15, -0.1) is 0 Å². The van der Waals surface area contributed by atoms with E-state index in [2.05, 4.69) is 5.32 Å². The lowest BCUT2D eigenvalue weighted by molar-refractivity contribution is -0.157. The minimum Gasteiger partial charge on any atom is -0.480 e. The zero-order valence-corrected chi connectivity index (χ0v) is 14.4. The summed E-state index contributed by atoms with van der Waals surface area (Å²) in [6.07, 6.45) is 6.44. The molecule has 0 spiro atoms. The Hall–Kier alpha value is -1.15. The summed E-state index contributed by atoms with van der Waals surface area (Å²) >= 11 is 0. The first kappa shape index (κ1) is 18.2. The van der Waals surface area contributed by atoms with E-state index in [4.69, 9.17) is 0 Å². The fourth-order valence-electron chi connectivity index (χ4n) is 3.53. The normalized spacial score (nSPS) is 23.9. The molecule has 0 bridgehead atoms. The van der Waals surface area contributed by atoms with E-state index in [1.54, 1.807) is 0 Å². The summed E-state index contributed by atoms with van der Waals surface area (Å²) in [5, 5.41) is 12.5. The second kappa shape index (κ2) is 7.17. The zero-order chi connectivity index (χ0) is 17.1. The number of rotatable bonds is 4. The van der Waals surface area contributed by atoms with Gasteiger partial charge in [-0.05, 0) is 25.7 Å². The van der Waals surface area contributed by atoms with Gasteiger partial charge in [0, 0.05) is 19.1 Å². The van der Waals surface area contributed by atoms with E-state index in [-0.39, 0.29) is 6.04 Å². The number of carbonyl (C=O) groups excluding carboxylic acids is 1. The number of aliphatic carboxylic acids is 1. The van der Waals surface area contributed by atoms with Crippen LogP contribution in [0.25, 0.3) is 0 Å². The van der Waals surface area contributed by atoms with E-state index in [0.29, 0.717) is 38.8 Å². The van der Waals surface area contributed by atoms with Crippen molar-refractivity contribution in [2.75, 3.05) is 19.3 Å². The van der Waals surface area contributed by atoms with Crippen LogP contribution < -0.4 is 5.32 Å². The number of nitrogens with zero attached hydrogens (tertiary/aromatic N) is 1. The number of hydrogen-bond donors (Lipinski definition) is 2. The van der Waals surface area contributed by atoms with Crippen LogP contribution in [0.3, 0.4) is 0 Å². The third-order valence-corrected chi connectivity index (χ3v) is 6.36. The van der Waals surface area contributed by atoms with Crippen molar-refractivity contribution < 1.29 is 23.1 Å². The highest BCUT2D eigenvalue weighted by Gasteiger charge is 2.46. The molecule has 0 aromatic carbocycles. The topological polar surface area (TPSA) is 104 Å². The van der Waals surface area contributed by atoms with Crippen molar-refractivity contribution in [2.45, 2.75) is 57.4 Å². The van der Waals surface area contributed by atoms with E-state index in [1.807, 2.05) is 0 Å². The minimum atomic E-state index is -3.20. The lowest BCUT2D eigenvalue weighted by Crippen LogP contribution is -2.52. The van der Waals surface area contributed by atoms with Gasteiger partial charge in [0.05, 0.1) is 6.26 Å². The summed E-state index contributed by atoms with van der Waals surface area (Å²) in [7, 11) is -3.20. The Kier molecular flexibility index (Phi) is 5.67. The van der Waals surface area contributed by atoms with Crippen LogP contribution in [0.1, 0.15) is 51.4 Å². The molecule has 0 aromatic heterocycles. The number of carboxylic acids is 1. The molecule has 1 saturated heterocycles. The molecule has 8 heteroatoms. The lowest BCUT2D eigenvalue weighted by Gasteiger charge is -2.34. The molecule has 1 aliphatic carbocycles. The van der Waals surface area contributed by atoms with Crippen LogP contribution in [-0.4, -0.2) is 55.1 Å². The molecule has 1 aliphatic heterocycles. The Morgan fingerprint density at radius 1 is 1.09 bits per heavy atom. The highest BCUT2D eigenvalue weighted by molar-refractivity contribution is 7.88. The smallest absolute Gasteiger partial charge is 0.319 e. The minimum absolute atomic E-state index is 0.153. The Balaban J connectivity index is 1.99. The van der Waals surface area contributed by atoms with Gasteiger partial charge >= 0.3 is 5.97 Å². The maximum absolute atomic E-state index is 12.6. The molecule has 132 valence electrons. The number of hydrogen-bond acceptors (Lipinski definition) is 4. The first-order chi connectivity index (χ1) is 10.8. The molecular formula is C15H26N2O5S. The van der Waals surface area contributed by atoms with Crippen LogP contribution >= 0.6 is 0 Å². The van der Waals surface area contributed by atoms with Gasteiger partial charge in [-0.2, -0.15) is 0 Å². The van der Waals surface area contributed by atoms with Gasteiger partial charge in [-0.3, -0.25) is 9.59 Å². The van der Waals surface area contributed by atoms with E-state index in [9.17, 15) is 23.1 Å². The summed E-state index contributed by atoms with van der Waals surface area (Å²) in [6, 6.07) is -0.153. The molecule has 0 radical (unpaired) electrons. The van der Waals surface area contributed by atoms with Gasteiger partial charge in [0.15, 0.2) is 0 Å². The quantitative estimate of drug-likeness (QED) is 0.583. The molecule has 0 unspecified atom stereocenters. The van der Waals surface area contributed by atoms with Crippen molar-refractivity contribution in [2.24, 2.45) is 5.41 Å². The van der Waals surface area contributed by atoms with Gasteiger partial charge in [-0.25, -0.2) is 12.7 Å². The number of amides is 1. The fraction of sp³-hybridized carbons (Fsp3) is 0.867. The maximum Gasteiger partial charge on any atom is 0.319 e. The van der Waals surface area contributed by atoms with Gasteiger partial charge < -0.3 is 10.4 Å². The molecule has 0 aromatic rings. The summed E-state index contributed by atoms with van der Waals surface area (Å²) in [5.74, 6) is -1.44. The van der Waals surface area contributed by atoms with E-state index < -0.39 is 27.3 Å². The summed E-state index contributed by atoms with van der Waals surface area (Å²) in [6.45, 7) is 0.730. The predicted molar refractivity (Wildman–Crippen MR) is 85.4 cm³/mol. The van der Waals surface area contributed by atoms with Crippen molar-refractivity contribution in [3.8, 4) is 0 Å². The highest BCUT2D eigenvalue weighted by Crippen LogP contribution is 2.36. The molecule has 1 amide bonds. The SMILES string of the molecule is CS(=O)(=O)N1CCC(NC(=O)C2(C(=O)O)CCCCCC2)CC1. The standard InChI is InChI=1S/C15H26N2O5S/c1-23(21,22)17-10-6-12(7-11-17)16-13(18)15(14(19)20)8-4-2-3-5-9-15/h12H,2-11H2,1H3,(H,16,18)(H,19,20). The number of sulfonamides is 1. The van der Waals surface area contributed by atoms with Crippen molar-refractivity contribution >= 4 is 21.9 Å². The molecule has 2 N–H and O–H groups in total. The molecule has 2 fully saturated rings. The number of carboxylic acid groups (broad SMARTS) is 1. The van der Waals surface area contributed by atoms with Crippen LogP contribution in [-0.2, 0) is 19.6 Å². The Morgan fingerprint density at radius 3 is 2.04 bits per heavy atom. The van der Waals surface area contributed by atoms with Crippen molar-refractivity contribution in [3.63, 3.8) is 0 Å². The van der Waals surface area contributed by atoms with Crippen molar-refractivity contribution in [3.05, 3.63) is 0 Å². The summed E-state index contributed by atoms with van der Waals surface area (Å²) < 4.78 is 24.4. The highest BCUT2D eigenvalue weighted by atomic mass is 32.2. The van der Waals surface area contributed by atoms with Gasteiger partial charge in [0.2, 0.25) is 15.9 Å². The molecule has 23 heavy (non-hydrogen) atoms. The third kappa shape index (κ3) is 4.23. The average Bonchev–Trinajstić information content (AvgIpc) is 2.73. The van der Waals surface area contributed by atoms with Crippen LogP contribution in [0.2, 0.25) is 0 Å². The third-order valence-electron chi connectivity index (χ3n) is 5.06. The Bertz CT molecular complexity index is 544. The first-order valence-electron chi connectivity index (χ1n) is 8.25. The van der Waals surface area contributed by atoms with Gasteiger partial charge in [-0.1, -0.05) is 25.7 Å².